The number of carboxylic acid groups (broad SMARTS) is 1. The largest absolute Gasteiger partial charge is 0.481 e. The van der Waals surface area contributed by atoms with Crippen LogP contribution in [0.25, 0.3) is 0 Å². The molecule has 0 aliphatic rings. The molecule has 1 unspecified atom stereocenters. The van der Waals surface area contributed by atoms with Crippen molar-refractivity contribution in [3.8, 4) is 0 Å². The highest BCUT2D eigenvalue weighted by Gasteiger charge is 1.96. The molecule has 0 fully saturated rings. The average Bonchev–Trinajstić information content (AvgIpc) is 2.18. The first kappa shape index (κ1) is 20.3. The lowest BCUT2D eigenvalue weighted by Crippen LogP contribution is -1.99. The van der Waals surface area contributed by atoms with E-state index in [1.807, 2.05) is 0 Å². The van der Waals surface area contributed by atoms with Crippen molar-refractivity contribution in [3.63, 3.8) is 0 Å². The summed E-state index contributed by atoms with van der Waals surface area (Å²) >= 11 is 0. The molecule has 16 heavy (non-hydrogen) atoms. The second-order valence-electron chi connectivity index (χ2n) is 3.44. The summed E-state index contributed by atoms with van der Waals surface area (Å²) in [4.78, 5) is 17.6. The summed E-state index contributed by atoms with van der Waals surface area (Å²) in [5.41, 5.74) is 4.17. The Labute approximate surface area is 97.7 Å². The maximum atomic E-state index is 9.00. The van der Waals surface area contributed by atoms with Gasteiger partial charge < -0.3 is 15.9 Å². The van der Waals surface area contributed by atoms with Crippen LogP contribution in [0.3, 0.4) is 0 Å². The number of aliphatic hydroxyl groups excluding tert-OH is 1. The maximum Gasteiger partial charge on any atom is 0.300 e. The molecule has 5 heteroatoms. The quantitative estimate of drug-likeness (QED) is 0.495. The van der Waals surface area contributed by atoms with Crippen LogP contribution in [0.1, 0.15) is 46.5 Å². The maximum absolute atomic E-state index is 9.00. The van der Waals surface area contributed by atoms with E-state index in [9.17, 15) is 0 Å². The zero-order valence-corrected chi connectivity index (χ0v) is 10.5. The molecule has 0 bridgehead atoms. The number of primary amides is 1. The fraction of sp³-hybridized carbons (Fsp3) is 0.818. The van der Waals surface area contributed by atoms with Crippen LogP contribution in [0.5, 0.6) is 0 Å². The fourth-order valence-electron chi connectivity index (χ4n) is 0.834. The highest BCUT2D eigenvalue weighted by molar-refractivity contribution is 5.62. The molecule has 0 heterocycles. The Morgan fingerprint density at radius 2 is 1.81 bits per heavy atom. The van der Waals surface area contributed by atoms with Gasteiger partial charge in [0.2, 0.25) is 6.41 Å². The van der Waals surface area contributed by atoms with Gasteiger partial charge in [-0.3, -0.25) is 9.59 Å². The first-order valence-electron chi connectivity index (χ1n) is 5.41. The number of carbonyl (C=O) groups is 2. The number of carboxylic acids is 1. The van der Waals surface area contributed by atoms with Gasteiger partial charge in [0.15, 0.2) is 0 Å². The van der Waals surface area contributed by atoms with E-state index in [-0.39, 0.29) is 6.41 Å². The van der Waals surface area contributed by atoms with E-state index in [2.05, 4.69) is 19.6 Å². The molecule has 0 spiro atoms. The van der Waals surface area contributed by atoms with Gasteiger partial charge in [0.1, 0.15) is 0 Å². The number of amides is 1. The predicted molar refractivity (Wildman–Crippen MR) is 64.0 cm³/mol. The number of rotatable bonds is 5. The van der Waals surface area contributed by atoms with Gasteiger partial charge in [0.05, 0.1) is 0 Å². The van der Waals surface area contributed by atoms with Gasteiger partial charge in [-0.25, -0.2) is 0 Å². The highest BCUT2D eigenvalue weighted by atomic mass is 16.4. The lowest BCUT2D eigenvalue weighted by molar-refractivity contribution is -0.134. The van der Waals surface area contributed by atoms with Crippen molar-refractivity contribution in [2.24, 2.45) is 11.7 Å². The number of hydrogen-bond donors (Lipinski definition) is 3. The van der Waals surface area contributed by atoms with E-state index in [1.165, 1.54) is 25.7 Å². The molecule has 0 aromatic rings. The molecule has 1 atom stereocenters. The molecular formula is C11H25NO4. The second kappa shape index (κ2) is 19.5. The van der Waals surface area contributed by atoms with Gasteiger partial charge in [-0.15, -0.1) is 0 Å². The third-order valence-electron chi connectivity index (χ3n) is 1.61. The molecule has 0 saturated carbocycles. The van der Waals surface area contributed by atoms with Crippen LogP contribution in [0.2, 0.25) is 0 Å². The number of aliphatic carboxylic acids is 1. The minimum absolute atomic E-state index is 0.250. The Balaban J connectivity index is -0.000000201. The molecule has 0 aliphatic heterocycles. The minimum atomic E-state index is -0.833. The molecule has 0 aromatic carbocycles. The SMILES string of the molecule is CC(=O)O.CCCCCC(C)CO.NC=O. The normalized spacial score (nSPS) is 10.0. The summed E-state index contributed by atoms with van der Waals surface area (Å²) in [5, 5.41) is 16.1. The zero-order valence-electron chi connectivity index (χ0n) is 10.5. The van der Waals surface area contributed by atoms with Crippen molar-refractivity contribution in [3.05, 3.63) is 0 Å². The number of aliphatic hydroxyl groups is 1. The molecule has 1 amide bonds. The molecule has 0 aromatic heterocycles. The lowest BCUT2D eigenvalue weighted by atomic mass is 10.0. The van der Waals surface area contributed by atoms with E-state index in [1.54, 1.807) is 0 Å². The number of carbonyl (C=O) groups excluding carboxylic acids is 1. The topological polar surface area (TPSA) is 101 Å². The monoisotopic (exact) mass is 235 g/mol. The Morgan fingerprint density at radius 1 is 1.44 bits per heavy atom. The van der Waals surface area contributed by atoms with Crippen molar-refractivity contribution in [1.29, 1.82) is 0 Å². The number of nitrogens with two attached hydrogens (primary N) is 1. The standard InChI is InChI=1S/C8H18O.C2H4O2.CH3NO/c1-3-4-5-6-8(2)7-9;1-2(3)4;2-1-3/h8-9H,3-7H2,1-2H3;1H3,(H,3,4);1H,(H2,2,3). The van der Waals surface area contributed by atoms with Crippen LogP contribution in [0.4, 0.5) is 0 Å². The van der Waals surface area contributed by atoms with Crippen molar-refractivity contribution < 1.29 is 19.8 Å². The van der Waals surface area contributed by atoms with E-state index in [4.69, 9.17) is 19.8 Å². The second-order valence-corrected chi connectivity index (χ2v) is 3.44. The van der Waals surface area contributed by atoms with Gasteiger partial charge >= 0.3 is 0 Å². The minimum Gasteiger partial charge on any atom is -0.481 e. The molecule has 98 valence electrons. The lowest BCUT2D eigenvalue weighted by Gasteiger charge is -2.04. The van der Waals surface area contributed by atoms with Gasteiger partial charge in [-0.1, -0.05) is 33.1 Å². The van der Waals surface area contributed by atoms with Crippen LogP contribution < -0.4 is 5.73 Å². The van der Waals surface area contributed by atoms with Gasteiger partial charge in [-0.2, -0.15) is 0 Å². The molecule has 0 radical (unpaired) electrons. The van der Waals surface area contributed by atoms with E-state index in [0.717, 1.165) is 6.92 Å². The van der Waals surface area contributed by atoms with Crippen LogP contribution in [0.15, 0.2) is 0 Å². The Morgan fingerprint density at radius 3 is 2.06 bits per heavy atom. The Bertz CT molecular complexity index is 147. The smallest absolute Gasteiger partial charge is 0.300 e. The Kier molecular flexibility index (Phi) is 24.7. The van der Waals surface area contributed by atoms with Crippen molar-refractivity contribution in [1.82, 2.24) is 0 Å². The number of unbranched alkanes of at least 4 members (excludes halogenated alkanes) is 2. The Hall–Kier alpha value is -1.10. The summed E-state index contributed by atoms with van der Waals surface area (Å²) in [7, 11) is 0. The van der Waals surface area contributed by atoms with Crippen LogP contribution >= 0.6 is 0 Å². The van der Waals surface area contributed by atoms with E-state index in [0.29, 0.717) is 12.5 Å². The molecular weight excluding hydrogens is 210 g/mol. The van der Waals surface area contributed by atoms with Crippen molar-refractivity contribution >= 4 is 12.4 Å². The van der Waals surface area contributed by atoms with Gasteiger partial charge in [0, 0.05) is 13.5 Å². The number of hydrogen-bond acceptors (Lipinski definition) is 3. The van der Waals surface area contributed by atoms with Gasteiger partial charge in [0.25, 0.3) is 5.97 Å². The summed E-state index contributed by atoms with van der Waals surface area (Å²) in [6.07, 6.45) is 5.30. The van der Waals surface area contributed by atoms with Crippen LogP contribution in [-0.4, -0.2) is 29.2 Å². The van der Waals surface area contributed by atoms with Crippen molar-refractivity contribution in [2.45, 2.75) is 46.5 Å². The summed E-state index contributed by atoms with van der Waals surface area (Å²) in [6, 6.07) is 0. The first-order valence-corrected chi connectivity index (χ1v) is 5.41. The summed E-state index contributed by atoms with van der Waals surface area (Å²) in [6.45, 7) is 5.73. The van der Waals surface area contributed by atoms with Crippen molar-refractivity contribution in [2.75, 3.05) is 6.61 Å². The molecule has 5 nitrogen and oxygen atoms in total. The van der Waals surface area contributed by atoms with E-state index < -0.39 is 5.97 Å². The first-order chi connectivity index (χ1) is 7.45. The third-order valence-corrected chi connectivity index (χ3v) is 1.61. The molecule has 0 saturated heterocycles. The molecule has 0 rings (SSSR count). The van der Waals surface area contributed by atoms with Gasteiger partial charge in [-0.05, 0) is 12.3 Å². The molecule has 4 N–H and O–H groups in total. The fourth-order valence-corrected chi connectivity index (χ4v) is 0.834. The van der Waals surface area contributed by atoms with Crippen LogP contribution in [0, 0.1) is 5.92 Å². The zero-order chi connectivity index (χ0) is 13.4. The molecule has 0 aliphatic carbocycles. The average molecular weight is 235 g/mol. The summed E-state index contributed by atoms with van der Waals surface area (Å²) in [5.74, 6) is -0.323. The highest BCUT2D eigenvalue weighted by Crippen LogP contribution is 2.07. The summed E-state index contributed by atoms with van der Waals surface area (Å²) < 4.78 is 0. The van der Waals surface area contributed by atoms with E-state index >= 15 is 0 Å². The van der Waals surface area contributed by atoms with Crippen LogP contribution in [-0.2, 0) is 9.59 Å². The third kappa shape index (κ3) is 52.5. The predicted octanol–water partition coefficient (Wildman–Crippen LogP) is 1.39.